The highest BCUT2D eigenvalue weighted by molar-refractivity contribution is 6.05. The van der Waals surface area contributed by atoms with Crippen LogP contribution >= 0.6 is 0 Å². The molecule has 1 aromatic rings. The van der Waals surface area contributed by atoms with E-state index in [4.69, 9.17) is 9.84 Å². The van der Waals surface area contributed by atoms with E-state index in [1.807, 2.05) is 0 Å². The Kier molecular flexibility index (Phi) is 5.97. The predicted molar refractivity (Wildman–Crippen MR) is 93.4 cm³/mol. The van der Waals surface area contributed by atoms with Crippen LogP contribution in [-0.2, 0) is 14.4 Å². The molecule has 0 saturated carbocycles. The van der Waals surface area contributed by atoms with Gasteiger partial charge in [-0.05, 0) is 39.0 Å². The molecule has 0 fully saturated rings. The fraction of sp³-hybridized carbons (Fsp3) is 0.444. The minimum absolute atomic E-state index is 0.0634. The zero-order chi connectivity index (χ0) is 19.4. The average molecular weight is 362 g/mol. The number of ether oxygens (including phenoxy) is 1. The minimum Gasteiger partial charge on any atom is -0.482 e. The van der Waals surface area contributed by atoms with Crippen molar-refractivity contribution >= 4 is 29.3 Å². The lowest BCUT2D eigenvalue weighted by molar-refractivity contribution is -0.139. The van der Waals surface area contributed by atoms with Crippen LogP contribution in [0, 0.1) is 0 Å². The van der Waals surface area contributed by atoms with Crippen molar-refractivity contribution < 1.29 is 29.0 Å². The zero-order valence-electron chi connectivity index (χ0n) is 15.0. The molecular formula is C18H22N2O6. The zero-order valence-corrected chi connectivity index (χ0v) is 15.0. The summed E-state index contributed by atoms with van der Waals surface area (Å²) in [6.07, 6.45) is -0.172. The van der Waals surface area contributed by atoms with Gasteiger partial charge in [-0.15, -0.1) is 0 Å². The Hall–Kier alpha value is -2.90. The van der Waals surface area contributed by atoms with Crippen LogP contribution in [0.1, 0.15) is 37.6 Å². The number of rotatable bonds is 7. The lowest BCUT2D eigenvalue weighted by Gasteiger charge is -2.35. The quantitative estimate of drug-likeness (QED) is 0.734. The van der Waals surface area contributed by atoms with Crippen molar-refractivity contribution in [2.75, 3.05) is 24.6 Å². The molecule has 2 amide bonds. The molecule has 1 atom stereocenters. The number of fused-ring (bicyclic) bond motifs is 1. The Morgan fingerprint density at radius 3 is 2.62 bits per heavy atom. The first-order chi connectivity index (χ1) is 12.3. The van der Waals surface area contributed by atoms with E-state index in [1.165, 1.54) is 22.8 Å². The van der Waals surface area contributed by atoms with Gasteiger partial charge in [0.1, 0.15) is 11.8 Å². The molecule has 0 aliphatic carbocycles. The Labute approximate surface area is 151 Å². The molecule has 1 aliphatic rings. The second-order valence-electron chi connectivity index (χ2n) is 6.03. The maximum absolute atomic E-state index is 12.8. The summed E-state index contributed by atoms with van der Waals surface area (Å²) in [5.74, 6) is -1.50. The number of carboxylic acid groups (broad SMARTS) is 1. The number of ketones is 1. The van der Waals surface area contributed by atoms with Gasteiger partial charge >= 0.3 is 5.97 Å². The van der Waals surface area contributed by atoms with Gasteiger partial charge in [-0.2, -0.15) is 0 Å². The first kappa shape index (κ1) is 19.4. The third-order valence-electron chi connectivity index (χ3n) is 4.28. The first-order valence-corrected chi connectivity index (χ1v) is 8.36. The van der Waals surface area contributed by atoms with Gasteiger partial charge in [0.05, 0.1) is 12.1 Å². The summed E-state index contributed by atoms with van der Waals surface area (Å²) in [6.45, 7) is 4.93. The highest BCUT2D eigenvalue weighted by Crippen LogP contribution is 2.34. The van der Waals surface area contributed by atoms with Crippen LogP contribution < -0.4 is 9.64 Å². The number of aliphatic carboxylic acids is 1. The van der Waals surface area contributed by atoms with Crippen LogP contribution in [-0.4, -0.2) is 59.3 Å². The summed E-state index contributed by atoms with van der Waals surface area (Å²) in [6, 6.07) is 3.89. The molecule has 26 heavy (non-hydrogen) atoms. The maximum Gasteiger partial charge on any atom is 0.305 e. The molecule has 8 nitrogen and oxygen atoms in total. The van der Waals surface area contributed by atoms with Gasteiger partial charge in [-0.3, -0.25) is 24.1 Å². The molecule has 1 aliphatic heterocycles. The van der Waals surface area contributed by atoms with Gasteiger partial charge in [0.15, 0.2) is 12.4 Å². The summed E-state index contributed by atoms with van der Waals surface area (Å²) in [5, 5.41) is 8.83. The van der Waals surface area contributed by atoms with E-state index in [0.29, 0.717) is 23.5 Å². The van der Waals surface area contributed by atoms with Crippen molar-refractivity contribution in [3.05, 3.63) is 23.8 Å². The molecule has 0 radical (unpaired) electrons. The molecule has 0 aromatic heterocycles. The van der Waals surface area contributed by atoms with E-state index in [2.05, 4.69) is 0 Å². The number of likely N-dealkylation sites (N-methyl/N-ethyl adjacent to an activating group) is 1. The number of amides is 2. The standard InChI is InChI=1S/C18H22N2O6/c1-4-19(8-7-17(23)24)18(25)11(2)20-14-9-13(12(3)21)5-6-15(14)26-10-16(20)22/h5-6,9,11H,4,7-8,10H2,1-3H3,(H,23,24). The third-order valence-corrected chi connectivity index (χ3v) is 4.28. The van der Waals surface area contributed by atoms with Gasteiger partial charge in [-0.25, -0.2) is 0 Å². The van der Waals surface area contributed by atoms with Crippen LogP contribution in [0.5, 0.6) is 5.75 Å². The maximum atomic E-state index is 12.8. The number of Topliss-reactive ketones (excluding diaryl/α,β-unsaturated/α-hetero) is 1. The molecule has 140 valence electrons. The molecule has 0 spiro atoms. The highest BCUT2D eigenvalue weighted by atomic mass is 16.5. The molecule has 0 saturated heterocycles. The second-order valence-corrected chi connectivity index (χ2v) is 6.03. The largest absolute Gasteiger partial charge is 0.482 e. The molecule has 2 rings (SSSR count). The molecule has 1 aromatic carbocycles. The predicted octanol–water partition coefficient (Wildman–Crippen LogP) is 1.33. The van der Waals surface area contributed by atoms with Crippen molar-refractivity contribution in [1.82, 2.24) is 4.90 Å². The fourth-order valence-corrected chi connectivity index (χ4v) is 2.84. The van der Waals surface area contributed by atoms with Crippen LogP contribution in [0.2, 0.25) is 0 Å². The average Bonchev–Trinajstić information content (AvgIpc) is 2.60. The summed E-state index contributed by atoms with van der Waals surface area (Å²) >= 11 is 0. The van der Waals surface area contributed by atoms with Gasteiger partial charge in [0.2, 0.25) is 5.91 Å². The number of carboxylic acids is 1. The van der Waals surface area contributed by atoms with E-state index < -0.39 is 17.9 Å². The summed E-state index contributed by atoms with van der Waals surface area (Å²) in [5.41, 5.74) is 0.772. The van der Waals surface area contributed by atoms with Crippen molar-refractivity contribution in [2.45, 2.75) is 33.2 Å². The van der Waals surface area contributed by atoms with Crippen LogP contribution in [0.4, 0.5) is 5.69 Å². The minimum atomic E-state index is -0.997. The monoisotopic (exact) mass is 362 g/mol. The van der Waals surface area contributed by atoms with Crippen molar-refractivity contribution in [1.29, 1.82) is 0 Å². The lowest BCUT2D eigenvalue weighted by atomic mass is 10.1. The van der Waals surface area contributed by atoms with Gasteiger partial charge in [0, 0.05) is 18.7 Å². The number of hydrogen-bond donors (Lipinski definition) is 1. The van der Waals surface area contributed by atoms with Crippen LogP contribution in [0.25, 0.3) is 0 Å². The van der Waals surface area contributed by atoms with E-state index in [-0.39, 0.29) is 31.3 Å². The van der Waals surface area contributed by atoms with E-state index in [0.717, 1.165) is 0 Å². The first-order valence-electron chi connectivity index (χ1n) is 8.36. The number of benzene rings is 1. The van der Waals surface area contributed by atoms with Crippen LogP contribution in [0.15, 0.2) is 18.2 Å². The molecule has 1 heterocycles. The van der Waals surface area contributed by atoms with Crippen molar-refractivity contribution in [3.8, 4) is 5.75 Å². The van der Waals surface area contributed by atoms with E-state index in [9.17, 15) is 19.2 Å². The topological polar surface area (TPSA) is 104 Å². The number of carbonyl (C=O) groups is 4. The number of anilines is 1. The van der Waals surface area contributed by atoms with Crippen molar-refractivity contribution in [2.24, 2.45) is 0 Å². The summed E-state index contributed by atoms with van der Waals surface area (Å²) in [7, 11) is 0. The summed E-state index contributed by atoms with van der Waals surface area (Å²) in [4.78, 5) is 50.4. The number of carbonyl (C=O) groups excluding carboxylic acids is 3. The molecular weight excluding hydrogens is 340 g/mol. The third kappa shape index (κ3) is 4.01. The Balaban J connectivity index is 2.33. The van der Waals surface area contributed by atoms with Crippen LogP contribution in [0.3, 0.4) is 0 Å². The number of hydrogen-bond acceptors (Lipinski definition) is 5. The second kappa shape index (κ2) is 7.99. The SMILES string of the molecule is CCN(CCC(=O)O)C(=O)C(C)N1C(=O)COc2ccc(C(C)=O)cc21. The normalized spacial score (nSPS) is 14.3. The van der Waals surface area contributed by atoms with E-state index >= 15 is 0 Å². The van der Waals surface area contributed by atoms with Gasteiger partial charge in [-0.1, -0.05) is 0 Å². The Bertz CT molecular complexity index is 745. The lowest BCUT2D eigenvalue weighted by Crippen LogP contribution is -2.52. The molecule has 1 N–H and O–H groups in total. The van der Waals surface area contributed by atoms with E-state index in [1.54, 1.807) is 26.0 Å². The van der Waals surface area contributed by atoms with Gasteiger partial charge < -0.3 is 14.7 Å². The smallest absolute Gasteiger partial charge is 0.305 e. The van der Waals surface area contributed by atoms with Gasteiger partial charge in [0.25, 0.3) is 5.91 Å². The Morgan fingerprint density at radius 1 is 1.35 bits per heavy atom. The molecule has 8 heteroatoms. The highest BCUT2D eigenvalue weighted by Gasteiger charge is 2.35. The molecule has 0 bridgehead atoms. The number of nitrogens with zero attached hydrogens (tertiary/aromatic N) is 2. The molecule has 1 unspecified atom stereocenters. The fourth-order valence-electron chi connectivity index (χ4n) is 2.84. The summed E-state index contributed by atoms with van der Waals surface area (Å²) < 4.78 is 5.39. The Morgan fingerprint density at radius 2 is 2.04 bits per heavy atom. The van der Waals surface area contributed by atoms with Crippen molar-refractivity contribution in [3.63, 3.8) is 0 Å².